The number of hydrogen-bond donors (Lipinski definition) is 0. The maximum Gasteiger partial charge on any atom is 0.192 e. The number of rotatable bonds is 5. The number of benzene rings is 5. The van der Waals surface area contributed by atoms with Crippen molar-refractivity contribution in [2.45, 2.75) is 53.2 Å². The van der Waals surface area contributed by atoms with Gasteiger partial charge in [0.25, 0.3) is 0 Å². The van der Waals surface area contributed by atoms with Gasteiger partial charge in [0.2, 0.25) is 0 Å². The molecule has 3 heterocycles. The van der Waals surface area contributed by atoms with Gasteiger partial charge in [-0.2, -0.15) is 0 Å². The number of fused-ring (bicyclic) bond motifs is 5. The second-order valence-corrected chi connectivity index (χ2v) is 12.2. The molecule has 45 heavy (non-hydrogen) atoms. The number of hydrogen-bond acceptors (Lipinski definition) is 4. The minimum atomic E-state index is -2.48. The molecule has 0 aliphatic rings. The van der Waals surface area contributed by atoms with Crippen LogP contribution in [0, 0.1) is 13.7 Å². The average Bonchev–Trinajstić information content (AvgIpc) is 3.79. The normalized spacial score (nSPS) is 14.7. The Labute approximate surface area is 270 Å². The first kappa shape index (κ1) is 21.5. The van der Waals surface area contributed by atoms with E-state index in [9.17, 15) is 0 Å². The third-order valence-electron chi connectivity index (χ3n) is 8.67. The summed E-state index contributed by atoms with van der Waals surface area (Å²) in [7, 11) is 0. The van der Waals surface area contributed by atoms with Gasteiger partial charge in [0, 0.05) is 31.9 Å². The first-order valence-corrected chi connectivity index (χ1v) is 15.2. The van der Waals surface area contributed by atoms with Crippen LogP contribution in [-0.2, 0) is 0 Å². The molecule has 3 aromatic heterocycles. The Bertz CT molecular complexity index is 2600. The quantitative estimate of drug-likeness (QED) is 0.199. The standard InChI is InChI=1S/C40H35N3O2/c1-22(2)30-18-27(26-13-8-7-9-14-26)19-31(23(3)4)38(30)43-37-24(5)12-10-17-33(37)42-40(43)29-16-11-15-28-32-20-34-36(44-25(6)41-34)21-35(32)45-39(28)29/h7-23H,1-6H3/i5D3,6D3. The molecule has 8 rings (SSSR count). The van der Waals surface area contributed by atoms with Gasteiger partial charge < -0.3 is 8.83 Å². The molecule has 8 aromatic rings. The third kappa shape index (κ3) is 4.29. The molecule has 0 fully saturated rings. The number of oxazole rings is 1. The zero-order valence-corrected chi connectivity index (χ0v) is 25.5. The zero-order valence-electron chi connectivity index (χ0n) is 31.5. The summed E-state index contributed by atoms with van der Waals surface area (Å²) < 4.78 is 63.2. The molecular formula is C40H35N3O2. The van der Waals surface area contributed by atoms with Gasteiger partial charge >= 0.3 is 0 Å². The van der Waals surface area contributed by atoms with Gasteiger partial charge in [-0.15, -0.1) is 0 Å². The van der Waals surface area contributed by atoms with Crippen LogP contribution in [0.4, 0.5) is 0 Å². The summed E-state index contributed by atoms with van der Waals surface area (Å²) in [6.45, 7) is 3.73. The fraction of sp³-hybridized carbons (Fsp3) is 0.200. The smallest absolute Gasteiger partial charge is 0.192 e. The van der Waals surface area contributed by atoms with E-state index in [-0.39, 0.29) is 23.3 Å². The van der Waals surface area contributed by atoms with Crippen molar-refractivity contribution in [2.75, 3.05) is 0 Å². The molecule has 0 saturated carbocycles. The lowest BCUT2D eigenvalue weighted by Crippen LogP contribution is -2.10. The highest BCUT2D eigenvalue weighted by Gasteiger charge is 2.26. The van der Waals surface area contributed by atoms with Gasteiger partial charge in [-0.25, -0.2) is 9.97 Å². The van der Waals surface area contributed by atoms with Crippen molar-refractivity contribution in [3.63, 3.8) is 0 Å². The van der Waals surface area contributed by atoms with Gasteiger partial charge in [-0.05, 0) is 76.8 Å². The zero-order chi connectivity index (χ0) is 36.0. The predicted octanol–water partition coefficient (Wildman–Crippen LogP) is 11.3. The summed E-state index contributed by atoms with van der Waals surface area (Å²) in [6, 6.07) is 29.2. The van der Waals surface area contributed by atoms with E-state index in [2.05, 4.69) is 56.9 Å². The number of furan rings is 1. The monoisotopic (exact) mass is 595 g/mol. The number of nitrogens with zero attached hydrogens (tertiary/aromatic N) is 3. The van der Waals surface area contributed by atoms with Crippen LogP contribution in [0.25, 0.3) is 72.3 Å². The molecule has 222 valence electrons. The van der Waals surface area contributed by atoms with Crippen LogP contribution in [0.5, 0.6) is 0 Å². The number of para-hydroxylation sites is 2. The lowest BCUT2D eigenvalue weighted by molar-refractivity contribution is 0.560. The molecule has 0 amide bonds. The number of imidazole rings is 1. The van der Waals surface area contributed by atoms with Crippen molar-refractivity contribution >= 4 is 44.1 Å². The molecule has 5 nitrogen and oxygen atoms in total. The van der Waals surface area contributed by atoms with E-state index in [0.717, 1.165) is 38.7 Å². The third-order valence-corrected chi connectivity index (χ3v) is 8.67. The van der Waals surface area contributed by atoms with Gasteiger partial charge in [0.05, 0.1) is 22.3 Å². The largest absolute Gasteiger partial charge is 0.455 e. The Balaban J connectivity index is 1.48. The first-order valence-electron chi connectivity index (χ1n) is 18.2. The Morgan fingerprint density at radius 1 is 0.667 bits per heavy atom. The van der Waals surface area contributed by atoms with Crippen molar-refractivity contribution in [1.29, 1.82) is 0 Å². The molecule has 5 heteroatoms. The second-order valence-electron chi connectivity index (χ2n) is 12.2. The molecular weight excluding hydrogens is 554 g/mol. The van der Waals surface area contributed by atoms with Gasteiger partial charge in [0.15, 0.2) is 11.5 Å². The van der Waals surface area contributed by atoms with Crippen LogP contribution in [0.15, 0.2) is 99.8 Å². The van der Waals surface area contributed by atoms with Gasteiger partial charge in [-0.1, -0.05) is 82.3 Å². The molecule has 0 unspecified atom stereocenters. The van der Waals surface area contributed by atoms with Crippen LogP contribution in [0.1, 0.15) is 70.3 Å². The molecule has 0 atom stereocenters. The topological polar surface area (TPSA) is 57.0 Å². The number of aromatic nitrogens is 3. The summed E-state index contributed by atoms with van der Waals surface area (Å²) in [4.78, 5) is 9.44. The Morgan fingerprint density at radius 2 is 1.44 bits per heavy atom. The summed E-state index contributed by atoms with van der Waals surface area (Å²) in [5, 5.41) is 1.53. The van der Waals surface area contributed by atoms with E-state index >= 15 is 0 Å². The van der Waals surface area contributed by atoms with Crippen LogP contribution in [0.3, 0.4) is 0 Å². The number of aryl methyl sites for hydroxylation is 2. The molecule has 0 bridgehead atoms. The molecule has 5 aromatic carbocycles. The van der Waals surface area contributed by atoms with E-state index < -0.39 is 13.7 Å². The van der Waals surface area contributed by atoms with Crippen molar-refractivity contribution < 1.29 is 17.1 Å². The van der Waals surface area contributed by atoms with Crippen molar-refractivity contribution in [1.82, 2.24) is 14.5 Å². The van der Waals surface area contributed by atoms with Crippen molar-refractivity contribution in [3.8, 4) is 28.2 Å². The molecule has 0 N–H and O–H groups in total. The molecule has 0 radical (unpaired) electrons. The fourth-order valence-electron chi connectivity index (χ4n) is 6.54. The highest BCUT2D eigenvalue weighted by Crippen LogP contribution is 2.43. The summed E-state index contributed by atoms with van der Waals surface area (Å²) in [5.74, 6) is 0.385. The lowest BCUT2D eigenvalue weighted by atomic mass is 9.88. The van der Waals surface area contributed by atoms with Crippen molar-refractivity contribution in [3.05, 3.63) is 114 Å². The van der Waals surface area contributed by atoms with Crippen LogP contribution >= 0.6 is 0 Å². The first-order chi connectivity index (χ1) is 24.2. The molecule has 0 saturated heterocycles. The lowest BCUT2D eigenvalue weighted by Gasteiger charge is -2.24. The molecule has 0 aliphatic carbocycles. The highest BCUT2D eigenvalue weighted by atomic mass is 16.4. The highest BCUT2D eigenvalue weighted by molar-refractivity contribution is 6.12. The second kappa shape index (κ2) is 10.2. The van der Waals surface area contributed by atoms with Crippen LogP contribution < -0.4 is 0 Å². The average molecular weight is 596 g/mol. The van der Waals surface area contributed by atoms with Crippen molar-refractivity contribution in [2.24, 2.45) is 0 Å². The van der Waals surface area contributed by atoms with E-state index in [1.165, 1.54) is 0 Å². The summed E-state index contributed by atoms with van der Waals surface area (Å²) in [5.41, 5.74) is 8.98. The maximum absolute atomic E-state index is 8.59. The molecule has 0 aliphatic heterocycles. The van der Waals surface area contributed by atoms with Gasteiger partial charge in [0.1, 0.15) is 22.5 Å². The minimum Gasteiger partial charge on any atom is -0.455 e. The Hall–Kier alpha value is -5.16. The van der Waals surface area contributed by atoms with E-state index in [1.807, 2.05) is 47.0 Å². The summed E-state index contributed by atoms with van der Waals surface area (Å²) in [6.07, 6.45) is 0. The fourth-order valence-corrected chi connectivity index (χ4v) is 6.54. The van der Waals surface area contributed by atoms with Gasteiger partial charge in [-0.3, -0.25) is 4.57 Å². The predicted molar refractivity (Wildman–Crippen MR) is 184 cm³/mol. The van der Waals surface area contributed by atoms with Crippen LogP contribution in [-0.4, -0.2) is 14.5 Å². The Morgan fingerprint density at radius 3 is 2.18 bits per heavy atom. The van der Waals surface area contributed by atoms with Crippen LogP contribution in [0.2, 0.25) is 0 Å². The SMILES string of the molecule is [2H]C([2H])([2H])c1nc2cc3c(cc2o1)oc1c(-c2nc4cccc(C([2H])([2H])[2H])c4n2-c2c(C(C)C)cc(-c4ccccc4)cc2C(C)C)cccc13. The molecule has 0 spiro atoms. The van der Waals surface area contributed by atoms with E-state index in [0.29, 0.717) is 44.7 Å². The maximum atomic E-state index is 8.59. The van der Waals surface area contributed by atoms with E-state index in [4.69, 9.17) is 22.0 Å². The summed E-state index contributed by atoms with van der Waals surface area (Å²) >= 11 is 0. The Kier molecular flexibility index (Phi) is 4.88. The minimum absolute atomic E-state index is 0.0797. The van der Waals surface area contributed by atoms with E-state index in [1.54, 1.807) is 24.3 Å².